The number of carbonyl (C=O) groups is 4. The number of unbranched alkanes of at least 4 members (excludes halogenated alkanes) is 1. The first kappa shape index (κ1) is 32.1. The van der Waals surface area contributed by atoms with Gasteiger partial charge < -0.3 is 32.5 Å². The van der Waals surface area contributed by atoms with E-state index in [0.29, 0.717) is 38.0 Å². The third-order valence-electron chi connectivity index (χ3n) is 5.66. The van der Waals surface area contributed by atoms with Crippen LogP contribution in [0.4, 0.5) is 0 Å². The number of thioether (sulfide) groups is 1. The SMILES string of the molecule is CCC(C)C(NC(=O)C(CC(C)C)NC(=O)C(N)CCCCN)C(=O)NC(CCSC)C(=O)O. The minimum atomic E-state index is -1.12. The van der Waals surface area contributed by atoms with E-state index in [2.05, 4.69) is 16.0 Å². The lowest BCUT2D eigenvalue weighted by molar-refractivity contribution is -0.142. The Labute approximate surface area is 208 Å². The van der Waals surface area contributed by atoms with Gasteiger partial charge in [-0.15, -0.1) is 0 Å². The van der Waals surface area contributed by atoms with Gasteiger partial charge in [0, 0.05) is 0 Å². The topological polar surface area (TPSA) is 177 Å². The molecule has 11 heteroatoms. The second-order valence-corrected chi connectivity index (χ2v) is 10.1. The van der Waals surface area contributed by atoms with Crippen LogP contribution in [0.25, 0.3) is 0 Å². The summed E-state index contributed by atoms with van der Waals surface area (Å²) in [6.45, 7) is 8.07. The maximum Gasteiger partial charge on any atom is 0.326 e. The van der Waals surface area contributed by atoms with Crippen molar-refractivity contribution in [3.05, 3.63) is 0 Å². The smallest absolute Gasteiger partial charge is 0.326 e. The minimum Gasteiger partial charge on any atom is -0.480 e. The second kappa shape index (κ2) is 17.6. The number of aliphatic carboxylic acids is 1. The third kappa shape index (κ3) is 12.6. The summed E-state index contributed by atoms with van der Waals surface area (Å²) in [7, 11) is 0. The van der Waals surface area contributed by atoms with Crippen LogP contribution in [0.1, 0.15) is 66.2 Å². The molecule has 198 valence electrons. The van der Waals surface area contributed by atoms with Crippen LogP contribution in [0.5, 0.6) is 0 Å². The first-order valence-electron chi connectivity index (χ1n) is 12.1. The van der Waals surface area contributed by atoms with Crippen molar-refractivity contribution in [1.82, 2.24) is 16.0 Å². The standard InChI is InChI=1S/C23H45N5O5S/c1-6-15(4)19(22(31)26-17(23(32)33)10-12-34-5)28-21(30)18(13-14(2)3)27-20(29)16(25)9-7-8-11-24/h14-19H,6-13,24-25H2,1-5H3,(H,26,31)(H,27,29)(H,28,30)(H,32,33). The van der Waals surface area contributed by atoms with Gasteiger partial charge in [0.15, 0.2) is 0 Å². The number of carboxylic acid groups (broad SMARTS) is 1. The van der Waals surface area contributed by atoms with Crippen LogP contribution in [0.3, 0.4) is 0 Å². The molecule has 0 saturated heterocycles. The van der Waals surface area contributed by atoms with E-state index in [1.165, 1.54) is 11.8 Å². The largest absolute Gasteiger partial charge is 0.480 e. The van der Waals surface area contributed by atoms with Crippen molar-refractivity contribution in [2.24, 2.45) is 23.3 Å². The normalized spacial score (nSPS) is 15.6. The number of hydrogen-bond acceptors (Lipinski definition) is 7. The zero-order valence-corrected chi connectivity index (χ0v) is 22.1. The first-order chi connectivity index (χ1) is 16.0. The highest BCUT2D eigenvalue weighted by Crippen LogP contribution is 2.12. The number of hydrogen-bond donors (Lipinski definition) is 6. The fourth-order valence-electron chi connectivity index (χ4n) is 3.33. The van der Waals surface area contributed by atoms with Crippen LogP contribution in [-0.4, -0.2) is 71.5 Å². The summed E-state index contributed by atoms with van der Waals surface area (Å²) in [6.07, 6.45) is 5.03. The van der Waals surface area contributed by atoms with Crippen molar-refractivity contribution in [2.75, 3.05) is 18.6 Å². The van der Waals surface area contributed by atoms with Gasteiger partial charge in [0.25, 0.3) is 0 Å². The Morgan fingerprint density at radius 1 is 0.912 bits per heavy atom. The average Bonchev–Trinajstić information content (AvgIpc) is 2.78. The van der Waals surface area contributed by atoms with Crippen LogP contribution in [0.15, 0.2) is 0 Å². The number of carbonyl (C=O) groups excluding carboxylic acids is 3. The average molecular weight is 504 g/mol. The van der Waals surface area contributed by atoms with Gasteiger partial charge in [-0.25, -0.2) is 4.79 Å². The van der Waals surface area contributed by atoms with Gasteiger partial charge in [-0.05, 0) is 56.1 Å². The molecule has 8 N–H and O–H groups in total. The predicted molar refractivity (Wildman–Crippen MR) is 136 cm³/mol. The molecule has 0 aromatic carbocycles. The van der Waals surface area contributed by atoms with E-state index in [4.69, 9.17) is 11.5 Å². The maximum atomic E-state index is 13.1. The van der Waals surface area contributed by atoms with Crippen molar-refractivity contribution in [2.45, 2.75) is 90.4 Å². The molecular weight excluding hydrogens is 458 g/mol. The summed E-state index contributed by atoms with van der Waals surface area (Å²) in [5.74, 6) is -2.16. The summed E-state index contributed by atoms with van der Waals surface area (Å²) in [6, 6.07) is -3.59. The van der Waals surface area contributed by atoms with Crippen molar-refractivity contribution in [3.63, 3.8) is 0 Å². The number of carboxylic acids is 1. The predicted octanol–water partition coefficient (Wildman–Crippen LogP) is 0.827. The zero-order chi connectivity index (χ0) is 26.3. The molecule has 10 nitrogen and oxygen atoms in total. The molecule has 5 unspecified atom stereocenters. The van der Waals surface area contributed by atoms with Gasteiger partial charge in [-0.3, -0.25) is 14.4 Å². The Morgan fingerprint density at radius 2 is 1.53 bits per heavy atom. The van der Waals surface area contributed by atoms with Crippen LogP contribution in [-0.2, 0) is 19.2 Å². The third-order valence-corrected chi connectivity index (χ3v) is 6.31. The van der Waals surface area contributed by atoms with E-state index >= 15 is 0 Å². The van der Waals surface area contributed by atoms with Gasteiger partial charge >= 0.3 is 5.97 Å². The molecule has 0 aromatic heterocycles. The van der Waals surface area contributed by atoms with E-state index in [1.807, 2.05) is 34.0 Å². The lowest BCUT2D eigenvalue weighted by Gasteiger charge is -2.28. The summed E-state index contributed by atoms with van der Waals surface area (Å²) in [5.41, 5.74) is 11.5. The summed E-state index contributed by atoms with van der Waals surface area (Å²) >= 11 is 1.49. The van der Waals surface area contributed by atoms with Crippen LogP contribution in [0.2, 0.25) is 0 Å². The van der Waals surface area contributed by atoms with Crippen LogP contribution in [0, 0.1) is 11.8 Å². The molecule has 0 aliphatic heterocycles. The quantitative estimate of drug-likeness (QED) is 0.149. The molecule has 0 fully saturated rings. The number of amides is 3. The Morgan fingerprint density at radius 3 is 2.03 bits per heavy atom. The summed E-state index contributed by atoms with van der Waals surface area (Å²) in [4.78, 5) is 50.2. The fraction of sp³-hybridized carbons (Fsp3) is 0.826. The molecule has 0 spiro atoms. The summed E-state index contributed by atoms with van der Waals surface area (Å²) in [5, 5.41) is 17.5. The maximum absolute atomic E-state index is 13.1. The van der Waals surface area contributed by atoms with E-state index in [9.17, 15) is 24.3 Å². The van der Waals surface area contributed by atoms with E-state index in [1.54, 1.807) is 0 Å². The molecule has 0 aliphatic carbocycles. The van der Waals surface area contributed by atoms with Gasteiger partial charge in [0.2, 0.25) is 17.7 Å². The zero-order valence-electron chi connectivity index (χ0n) is 21.3. The molecule has 0 aromatic rings. The molecule has 34 heavy (non-hydrogen) atoms. The van der Waals surface area contributed by atoms with E-state index in [-0.39, 0.29) is 18.3 Å². The highest BCUT2D eigenvalue weighted by atomic mass is 32.2. The molecule has 0 bridgehead atoms. The minimum absolute atomic E-state index is 0.100. The molecule has 3 amide bonds. The van der Waals surface area contributed by atoms with Crippen molar-refractivity contribution in [3.8, 4) is 0 Å². The van der Waals surface area contributed by atoms with Crippen LogP contribution >= 0.6 is 11.8 Å². The molecule has 0 saturated carbocycles. The van der Waals surface area contributed by atoms with Gasteiger partial charge in [0.05, 0.1) is 6.04 Å². The Hall–Kier alpha value is -1.85. The fourth-order valence-corrected chi connectivity index (χ4v) is 3.80. The molecule has 5 atom stereocenters. The first-order valence-corrected chi connectivity index (χ1v) is 13.5. The van der Waals surface area contributed by atoms with E-state index in [0.717, 1.165) is 6.42 Å². The molecule has 0 heterocycles. The van der Waals surface area contributed by atoms with Crippen molar-refractivity contribution < 1.29 is 24.3 Å². The molecule has 0 aliphatic rings. The lowest BCUT2D eigenvalue weighted by atomic mass is 9.96. The Bertz CT molecular complexity index is 649. The number of nitrogens with one attached hydrogen (secondary N) is 3. The second-order valence-electron chi connectivity index (χ2n) is 9.13. The van der Waals surface area contributed by atoms with Crippen LogP contribution < -0.4 is 27.4 Å². The van der Waals surface area contributed by atoms with Crippen molar-refractivity contribution in [1.29, 1.82) is 0 Å². The highest BCUT2D eigenvalue weighted by molar-refractivity contribution is 7.98. The summed E-state index contributed by atoms with van der Waals surface area (Å²) < 4.78 is 0. The monoisotopic (exact) mass is 503 g/mol. The van der Waals surface area contributed by atoms with Gasteiger partial charge in [0.1, 0.15) is 18.1 Å². The molecule has 0 radical (unpaired) electrons. The van der Waals surface area contributed by atoms with Crippen molar-refractivity contribution >= 4 is 35.5 Å². The number of rotatable bonds is 18. The lowest BCUT2D eigenvalue weighted by Crippen LogP contribution is -2.58. The Kier molecular flexibility index (Phi) is 16.6. The highest BCUT2D eigenvalue weighted by Gasteiger charge is 2.32. The van der Waals surface area contributed by atoms with Gasteiger partial charge in [-0.1, -0.05) is 40.5 Å². The molecular formula is C23H45N5O5S. The van der Waals surface area contributed by atoms with Gasteiger partial charge in [-0.2, -0.15) is 11.8 Å². The number of nitrogens with two attached hydrogens (primary N) is 2. The van der Waals surface area contributed by atoms with E-state index < -0.39 is 47.9 Å². The molecule has 0 rings (SSSR count). The Balaban J connectivity index is 5.43.